The fourth-order valence-corrected chi connectivity index (χ4v) is 5.11. The Morgan fingerprint density at radius 3 is 2.59 bits per heavy atom. The van der Waals surface area contributed by atoms with Crippen LogP contribution in [0.15, 0.2) is 42.5 Å². The first kappa shape index (κ1) is 18.0. The highest BCUT2D eigenvalue weighted by molar-refractivity contribution is 6.05. The predicted octanol–water partition coefficient (Wildman–Crippen LogP) is 5.03. The van der Waals surface area contributed by atoms with Crippen LogP contribution < -0.4 is 4.90 Å². The summed E-state index contributed by atoms with van der Waals surface area (Å²) in [6.45, 7) is 0.215. The maximum Gasteiger partial charge on any atom is 0.335 e. The molecule has 29 heavy (non-hydrogen) atoms. The monoisotopic (exact) mass is 388 g/mol. The molecule has 1 aliphatic carbocycles. The number of carbonyl (C=O) groups is 2. The summed E-state index contributed by atoms with van der Waals surface area (Å²) in [6, 6.07) is 13.4. The van der Waals surface area contributed by atoms with Gasteiger partial charge in [0.1, 0.15) is 6.54 Å². The smallest absolute Gasteiger partial charge is 0.335 e. The minimum Gasteiger partial charge on any atom is -0.478 e. The zero-order chi connectivity index (χ0) is 20.1. The van der Waals surface area contributed by atoms with Crippen molar-refractivity contribution < 1.29 is 14.7 Å². The van der Waals surface area contributed by atoms with Crippen molar-refractivity contribution in [3.05, 3.63) is 53.6 Å². The summed E-state index contributed by atoms with van der Waals surface area (Å²) in [4.78, 5) is 26.3. The first-order valence-corrected chi connectivity index (χ1v) is 10.3. The van der Waals surface area contributed by atoms with Gasteiger partial charge in [-0.25, -0.2) is 4.79 Å². The Hall–Kier alpha value is -3.08. The molecular weight excluding hydrogens is 364 g/mol. The molecule has 5 nitrogen and oxygen atoms in total. The number of benzene rings is 2. The van der Waals surface area contributed by atoms with Gasteiger partial charge in [-0.15, -0.1) is 0 Å². The molecular formula is C24H24N2O3. The average molecular weight is 388 g/mol. The van der Waals surface area contributed by atoms with Gasteiger partial charge in [0.2, 0.25) is 5.91 Å². The van der Waals surface area contributed by atoms with E-state index in [-0.39, 0.29) is 18.0 Å². The number of aromatic nitrogens is 1. The standard InChI is InChI=1S/C24H24N2O3/c1-25-19-10-6-5-9-18(19)23-22(15-7-3-2-4-8-15)17-12-11-16(24(28)29)13-20(17)26(23)14-21(25)27/h5-6,9-13,15H,2-4,7-8,14H2,1H3,(H,28,29). The number of fused-ring (bicyclic) bond motifs is 5. The quantitative estimate of drug-likeness (QED) is 0.670. The van der Waals surface area contributed by atoms with Crippen molar-refractivity contribution in [1.29, 1.82) is 0 Å². The molecule has 1 aromatic heterocycles. The lowest BCUT2D eigenvalue weighted by Gasteiger charge is -2.24. The SMILES string of the molecule is CN1C(=O)Cn2c(c(C3CCCCC3)c3ccc(C(=O)O)cc32)-c2ccccc21. The largest absolute Gasteiger partial charge is 0.478 e. The summed E-state index contributed by atoms with van der Waals surface area (Å²) in [6.07, 6.45) is 5.97. The molecule has 148 valence electrons. The number of carboxylic acids is 1. The van der Waals surface area contributed by atoms with E-state index in [1.807, 2.05) is 31.3 Å². The third kappa shape index (κ3) is 2.76. The molecule has 1 aliphatic heterocycles. The summed E-state index contributed by atoms with van der Waals surface area (Å²) >= 11 is 0. The van der Waals surface area contributed by atoms with E-state index >= 15 is 0 Å². The van der Waals surface area contributed by atoms with Gasteiger partial charge in [-0.2, -0.15) is 0 Å². The van der Waals surface area contributed by atoms with Crippen molar-refractivity contribution in [2.75, 3.05) is 11.9 Å². The number of hydrogen-bond acceptors (Lipinski definition) is 2. The van der Waals surface area contributed by atoms with E-state index in [0.29, 0.717) is 5.92 Å². The van der Waals surface area contributed by atoms with E-state index in [1.54, 1.807) is 17.0 Å². The number of anilines is 1. The Labute approximate surface area is 169 Å². The molecule has 2 aromatic carbocycles. The third-order valence-electron chi connectivity index (χ3n) is 6.55. The topological polar surface area (TPSA) is 62.5 Å². The van der Waals surface area contributed by atoms with Gasteiger partial charge in [0.15, 0.2) is 0 Å². The molecule has 5 heteroatoms. The zero-order valence-corrected chi connectivity index (χ0v) is 16.5. The molecule has 1 N–H and O–H groups in total. The van der Waals surface area contributed by atoms with Crippen LogP contribution in [0.2, 0.25) is 0 Å². The van der Waals surface area contributed by atoms with E-state index in [9.17, 15) is 14.7 Å². The van der Waals surface area contributed by atoms with Gasteiger partial charge in [0.25, 0.3) is 0 Å². The van der Waals surface area contributed by atoms with Gasteiger partial charge in [0, 0.05) is 18.0 Å². The molecule has 0 radical (unpaired) electrons. The number of rotatable bonds is 2. The van der Waals surface area contributed by atoms with Gasteiger partial charge in [-0.05, 0) is 42.5 Å². The minimum absolute atomic E-state index is 0.00372. The fourth-order valence-electron chi connectivity index (χ4n) is 5.11. The first-order valence-electron chi connectivity index (χ1n) is 10.3. The van der Waals surface area contributed by atoms with Crippen molar-refractivity contribution in [1.82, 2.24) is 4.57 Å². The molecule has 0 spiro atoms. The van der Waals surface area contributed by atoms with Crippen LogP contribution in [0.3, 0.4) is 0 Å². The van der Waals surface area contributed by atoms with Gasteiger partial charge >= 0.3 is 5.97 Å². The maximum absolute atomic E-state index is 13.0. The molecule has 0 atom stereocenters. The van der Waals surface area contributed by atoms with Crippen molar-refractivity contribution in [2.45, 2.75) is 44.6 Å². The van der Waals surface area contributed by atoms with Crippen molar-refractivity contribution in [3.63, 3.8) is 0 Å². The fraction of sp³-hybridized carbons (Fsp3) is 0.333. The highest BCUT2D eigenvalue weighted by Gasteiger charge is 2.32. The summed E-state index contributed by atoms with van der Waals surface area (Å²) in [5.41, 5.74) is 5.43. The summed E-state index contributed by atoms with van der Waals surface area (Å²) in [7, 11) is 1.82. The van der Waals surface area contributed by atoms with E-state index < -0.39 is 5.97 Å². The summed E-state index contributed by atoms with van der Waals surface area (Å²) in [5, 5.41) is 10.6. The molecule has 2 heterocycles. The Kier molecular flexibility index (Phi) is 4.19. The second kappa shape index (κ2) is 6.76. The molecule has 0 saturated heterocycles. The molecule has 3 aromatic rings. The van der Waals surface area contributed by atoms with Crippen molar-refractivity contribution in [2.24, 2.45) is 0 Å². The van der Waals surface area contributed by atoms with Crippen LogP contribution in [0, 0.1) is 0 Å². The van der Waals surface area contributed by atoms with Crippen LogP contribution in [-0.4, -0.2) is 28.6 Å². The van der Waals surface area contributed by atoms with E-state index in [0.717, 1.165) is 40.7 Å². The van der Waals surface area contributed by atoms with E-state index in [1.165, 1.54) is 24.8 Å². The Morgan fingerprint density at radius 1 is 1.07 bits per heavy atom. The van der Waals surface area contributed by atoms with Crippen molar-refractivity contribution >= 4 is 28.5 Å². The number of carbonyl (C=O) groups excluding carboxylic acids is 1. The molecule has 0 unspecified atom stereocenters. The van der Waals surface area contributed by atoms with Crippen LogP contribution in [0.1, 0.15) is 53.9 Å². The maximum atomic E-state index is 13.0. The first-order chi connectivity index (χ1) is 14.1. The van der Waals surface area contributed by atoms with Crippen LogP contribution >= 0.6 is 0 Å². The number of carboxylic acid groups (broad SMARTS) is 1. The Morgan fingerprint density at radius 2 is 1.83 bits per heavy atom. The molecule has 1 saturated carbocycles. The number of hydrogen-bond donors (Lipinski definition) is 1. The second-order valence-electron chi connectivity index (χ2n) is 8.19. The highest BCUT2D eigenvalue weighted by Crippen LogP contribution is 2.47. The van der Waals surface area contributed by atoms with Crippen molar-refractivity contribution in [3.8, 4) is 11.3 Å². The van der Waals surface area contributed by atoms with Crippen LogP contribution in [-0.2, 0) is 11.3 Å². The summed E-state index contributed by atoms with van der Waals surface area (Å²) in [5.74, 6) is -0.507. The predicted molar refractivity (Wildman–Crippen MR) is 114 cm³/mol. The van der Waals surface area contributed by atoms with E-state index in [2.05, 4.69) is 10.6 Å². The number of aromatic carboxylic acids is 1. The Balaban J connectivity index is 1.88. The summed E-state index contributed by atoms with van der Waals surface area (Å²) < 4.78 is 2.05. The molecule has 2 aliphatic rings. The number of para-hydroxylation sites is 1. The lowest BCUT2D eigenvalue weighted by Crippen LogP contribution is -2.28. The van der Waals surface area contributed by atoms with Crippen LogP contribution in [0.4, 0.5) is 5.69 Å². The number of likely N-dealkylation sites (N-methyl/N-ethyl adjacent to an activating group) is 1. The number of amides is 1. The van der Waals surface area contributed by atoms with Gasteiger partial charge < -0.3 is 14.6 Å². The molecule has 1 amide bonds. The van der Waals surface area contributed by atoms with E-state index in [4.69, 9.17) is 0 Å². The highest BCUT2D eigenvalue weighted by atomic mass is 16.4. The van der Waals surface area contributed by atoms with Gasteiger partial charge in [0.05, 0.1) is 22.5 Å². The second-order valence-corrected chi connectivity index (χ2v) is 8.19. The Bertz CT molecular complexity index is 1140. The molecule has 5 rings (SSSR count). The van der Waals surface area contributed by atoms with Gasteiger partial charge in [-0.1, -0.05) is 43.5 Å². The lowest BCUT2D eigenvalue weighted by atomic mass is 9.81. The molecule has 1 fully saturated rings. The third-order valence-corrected chi connectivity index (χ3v) is 6.55. The van der Waals surface area contributed by atoms with Crippen LogP contribution in [0.5, 0.6) is 0 Å². The zero-order valence-electron chi connectivity index (χ0n) is 16.5. The average Bonchev–Trinajstić information content (AvgIpc) is 3.01. The normalized spacial score (nSPS) is 17.1. The number of nitrogens with zero attached hydrogens (tertiary/aromatic N) is 2. The molecule has 0 bridgehead atoms. The minimum atomic E-state index is -0.945. The van der Waals surface area contributed by atoms with Gasteiger partial charge in [-0.3, -0.25) is 4.79 Å². The lowest BCUT2D eigenvalue weighted by molar-refractivity contribution is -0.118. The van der Waals surface area contributed by atoms with Crippen LogP contribution in [0.25, 0.3) is 22.2 Å².